The molecule has 0 heterocycles. The third kappa shape index (κ3) is 3.54. The van der Waals surface area contributed by atoms with Crippen LogP contribution < -0.4 is 4.90 Å². The van der Waals surface area contributed by atoms with E-state index in [4.69, 9.17) is 0 Å². The van der Waals surface area contributed by atoms with Crippen LogP contribution in [-0.2, 0) is 9.59 Å². The number of benzene rings is 1. The van der Waals surface area contributed by atoms with Crippen LogP contribution in [0.3, 0.4) is 0 Å². The van der Waals surface area contributed by atoms with Crippen LogP contribution in [0.25, 0.3) is 0 Å². The van der Waals surface area contributed by atoms with Crippen molar-refractivity contribution in [1.29, 1.82) is 0 Å². The van der Waals surface area contributed by atoms with Crippen molar-refractivity contribution >= 4 is 29.0 Å². The van der Waals surface area contributed by atoms with E-state index in [0.717, 1.165) is 38.5 Å². The highest BCUT2D eigenvalue weighted by atomic mass is 32.2. The van der Waals surface area contributed by atoms with Gasteiger partial charge in [0.15, 0.2) is 5.78 Å². The Morgan fingerprint density at radius 1 is 1.09 bits per heavy atom. The van der Waals surface area contributed by atoms with E-state index < -0.39 is 0 Å². The largest absolute Gasteiger partial charge is 0.378 e. The average Bonchev–Trinajstić information content (AvgIpc) is 3.10. The Morgan fingerprint density at radius 2 is 1.82 bits per heavy atom. The van der Waals surface area contributed by atoms with E-state index in [1.54, 1.807) is 17.3 Å². The first kappa shape index (κ1) is 23.9. The molecule has 0 aliphatic heterocycles. The zero-order chi connectivity index (χ0) is 24.3. The molecule has 2 fully saturated rings. The van der Waals surface area contributed by atoms with Crippen LogP contribution in [0.5, 0.6) is 0 Å². The summed E-state index contributed by atoms with van der Waals surface area (Å²) in [6.45, 7) is 4.73. The highest BCUT2D eigenvalue weighted by molar-refractivity contribution is 7.99. The number of allylic oxidation sites excluding steroid dienone is 4. The molecule has 0 saturated heterocycles. The van der Waals surface area contributed by atoms with Crippen LogP contribution in [0.15, 0.2) is 47.1 Å². The standard InChI is InChI=1S/C30H39NO2S/c1-29(27(33)18-34-5)15-14-26-24-12-8-20-16-22(32)11-13-23(20)28(24)25(17-30(26,29)2)19-6-9-21(10-7-19)31(3)4/h6-7,9-10,16,24-26H,8,11-15,17-18H2,1-5H3/t24?,25?,26?,29-,30+/m1/s1. The van der Waals surface area contributed by atoms with Crippen LogP contribution in [0.2, 0.25) is 0 Å². The monoisotopic (exact) mass is 477 g/mol. The van der Waals surface area contributed by atoms with Gasteiger partial charge in [-0.1, -0.05) is 31.6 Å². The maximum absolute atomic E-state index is 13.5. The highest BCUT2D eigenvalue weighted by Crippen LogP contribution is 2.69. The number of fused-ring (bicyclic) bond motifs is 4. The summed E-state index contributed by atoms with van der Waals surface area (Å²) in [7, 11) is 4.17. The van der Waals surface area contributed by atoms with E-state index in [1.165, 1.54) is 22.4 Å². The third-order valence-corrected chi connectivity index (χ3v) is 10.6. The van der Waals surface area contributed by atoms with Gasteiger partial charge in [-0.25, -0.2) is 0 Å². The summed E-state index contributed by atoms with van der Waals surface area (Å²) in [5.41, 5.74) is 6.76. The number of Topliss-reactive ketones (excluding diaryl/α,β-unsaturated/α-hetero) is 1. The van der Waals surface area contributed by atoms with E-state index in [9.17, 15) is 9.59 Å². The molecule has 34 heavy (non-hydrogen) atoms. The fourth-order valence-electron chi connectivity index (χ4n) is 7.96. The summed E-state index contributed by atoms with van der Waals surface area (Å²) in [6.07, 6.45) is 10.9. The second-order valence-electron chi connectivity index (χ2n) is 11.7. The fraction of sp³-hybridized carbons (Fsp3) is 0.600. The molecule has 0 spiro atoms. The summed E-state index contributed by atoms with van der Waals surface area (Å²) in [5.74, 6) is 2.77. The Kier molecular flexibility index (Phi) is 6.11. The first-order valence-corrected chi connectivity index (χ1v) is 14.3. The number of carbonyl (C=O) groups excluding carboxylic acids is 2. The summed E-state index contributed by atoms with van der Waals surface area (Å²) < 4.78 is 0. The minimum absolute atomic E-state index is 0.00509. The maximum Gasteiger partial charge on any atom is 0.156 e. The van der Waals surface area contributed by atoms with Crippen molar-refractivity contribution < 1.29 is 9.59 Å². The van der Waals surface area contributed by atoms with E-state index in [2.05, 4.69) is 57.1 Å². The normalized spacial score (nSPS) is 34.8. The predicted molar refractivity (Wildman–Crippen MR) is 143 cm³/mol. The van der Waals surface area contributed by atoms with Crippen LogP contribution in [0, 0.1) is 22.7 Å². The van der Waals surface area contributed by atoms with Crippen molar-refractivity contribution in [3.63, 3.8) is 0 Å². The van der Waals surface area contributed by atoms with Gasteiger partial charge in [-0.05, 0) is 96.9 Å². The summed E-state index contributed by atoms with van der Waals surface area (Å²) in [5, 5.41) is 0. The molecule has 0 amide bonds. The van der Waals surface area contributed by atoms with E-state index in [0.29, 0.717) is 41.5 Å². The molecule has 182 valence electrons. The molecule has 3 unspecified atom stereocenters. The summed E-state index contributed by atoms with van der Waals surface area (Å²) >= 11 is 1.67. The second kappa shape index (κ2) is 8.69. The molecule has 0 N–H and O–H groups in total. The molecule has 1 aromatic carbocycles. The van der Waals surface area contributed by atoms with E-state index in [1.807, 2.05) is 12.3 Å². The van der Waals surface area contributed by atoms with Gasteiger partial charge in [0.05, 0.1) is 5.75 Å². The number of ketones is 2. The Morgan fingerprint density at radius 3 is 2.50 bits per heavy atom. The Labute approximate surface area is 209 Å². The molecule has 3 nitrogen and oxygen atoms in total. The molecule has 0 aromatic heterocycles. The van der Waals surface area contributed by atoms with Gasteiger partial charge in [-0.2, -0.15) is 11.8 Å². The third-order valence-electron chi connectivity index (χ3n) is 10.0. The predicted octanol–water partition coefficient (Wildman–Crippen LogP) is 6.59. The quantitative estimate of drug-likeness (QED) is 0.479. The van der Waals surface area contributed by atoms with Crippen LogP contribution in [-0.4, -0.2) is 37.7 Å². The second-order valence-corrected chi connectivity index (χ2v) is 12.6. The van der Waals surface area contributed by atoms with Crippen molar-refractivity contribution in [2.75, 3.05) is 31.0 Å². The average molecular weight is 478 g/mol. The number of hydrogen-bond acceptors (Lipinski definition) is 4. The van der Waals surface area contributed by atoms with Crippen molar-refractivity contribution in [3.8, 4) is 0 Å². The first-order chi connectivity index (χ1) is 16.2. The van der Waals surface area contributed by atoms with Gasteiger partial charge in [0.2, 0.25) is 0 Å². The number of thioether (sulfide) groups is 1. The molecule has 2 saturated carbocycles. The molecule has 4 aliphatic rings. The summed E-state index contributed by atoms with van der Waals surface area (Å²) in [4.78, 5) is 27.9. The summed E-state index contributed by atoms with van der Waals surface area (Å²) in [6, 6.07) is 9.11. The molecule has 5 atom stereocenters. The molecule has 1 aromatic rings. The molecule has 0 bridgehead atoms. The lowest BCUT2D eigenvalue weighted by molar-refractivity contribution is -0.133. The molecule has 4 heteroatoms. The Bertz CT molecular complexity index is 1070. The minimum atomic E-state index is -0.253. The molecule has 0 radical (unpaired) electrons. The molecule has 4 aliphatic carbocycles. The zero-order valence-electron chi connectivity index (χ0n) is 21.4. The lowest BCUT2D eigenvalue weighted by Crippen LogP contribution is -2.50. The van der Waals surface area contributed by atoms with Crippen molar-refractivity contribution in [3.05, 3.63) is 52.6 Å². The van der Waals surface area contributed by atoms with Crippen LogP contribution in [0.4, 0.5) is 5.69 Å². The van der Waals surface area contributed by atoms with E-state index in [-0.39, 0.29) is 10.8 Å². The van der Waals surface area contributed by atoms with Gasteiger partial charge in [0.25, 0.3) is 0 Å². The van der Waals surface area contributed by atoms with Crippen molar-refractivity contribution in [1.82, 2.24) is 0 Å². The number of carbonyl (C=O) groups is 2. The van der Waals surface area contributed by atoms with Gasteiger partial charge in [0.1, 0.15) is 5.78 Å². The van der Waals surface area contributed by atoms with Gasteiger partial charge in [-0.15, -0.1) is 0 Å². The van der Waals surface area contributed by atoms with Crippen LogP contribution >= 0.6 is 11.8 Å². The van der Waals surface area contributed by atoms with E-state index >= 15 is 0 Å². The fourth-order valence-corrected chi connectivity index (χ4v) is 8.54. The molecule has 5 rings (SSSR count). The Hall–Kier alpha value is -1.81. The lowest BCUT2D eigenvalue weighted by atomic mass is 9.48. The lowest BCUT2D eigenvalue weighted by Gasteiger charge is -2.55. The number of rotatable bonds is 5. The van der Waals surface area contributed by atoms with Crippen LogP contribution in [0.1, 0.15) is 70.3 Å². The minimum Gasteiger partial charge on any atom is -0.378 e. The number of hydrogen-bond donors (Lipinski definition) is 0. The number of anilines is 1. The van der Waals surface area contributed by atoms with Gasteiger partial charge in [0, 0.05) is 37.5 Å². The Balaban J connectivity index is 1.65. The first-order valence-electron chi connectivity index (χ1n) is 13.0. The zero-order valence-corrected chi connectivity index (χ0v) is 22.3. The van der Waals surface area contributed by atoms with Crippen molar-refractivity contribution in [2.24, 2.45) is 22.7 Å². The number of nitrogens with zero attached hydrogens (tertiary/aromatic N) is 1. The topological polar surface area (TPSA) is 37.4 Å². The van der Waals surface area contributed by atoms with Gasteiger partial charge in [-0.3, -0.25) is 9.59 Å². The van der Waals surface area contributed by atoms with Gasteiger partial charge < -0.3 is 4.90 Å². The molecular weight excluding hydrogens is 438 g/mol. The SMILES string of the molecule is CSCC(=O)[C@@]1(C)CCC2C3CCC4=CC(=O)CCC4=C3C(c3ccc(N(C)C)cc3)C[C@@]21C. The highest BCUT2D eigenvalue weighted by Gasteiger charge is 2.63. The smallest absolute Gasteiger partial charge is 0.156 e. The van der Waals surface area contributed by atoms with Gasteiger partial charge >= 0.3 is 0 Å². The van der Waals surface area contributed by atoms with Crippen molar-refractivity contribution in [2.45, 2.75) is 64.7 Å². The molecular formula is C30H39NO2S. The maximum atomic E-state index is 13.5.